The van der Waals surface area contributed by atoms with Crippen LogP contribution >= 0.6 is 0 Å². The fourth-order valence-corrected chi connectivity index (χ4v) is 1.66. The van der Waals surface area contributed by atoms with E-state index in [1.165, 1.54) is 0 Å². The zero-order valence-corrected chi connectivity index (χ0v) is 8.14. The molecule has 4 nitrogen and oxygen atoms in total. The standard InChI is InChI=1S/C7H16N2O2S/c1-7(12(10)11)6-9-4-2-8-3-5-9/h7-8H,2-6H2,1H3,(H,10,11). The van der Waals surface area contributed by atoms with Crippen LogP contribution in [0.3, 0.4) is 0 Å². The van der Waals surface area contributed by atoms with Crippen LogP contribution in [-0.4, -0.2) is 51.6 Å². The minimum absolute atomic E-state index is 0.136. The zero-order chi connectivity index (χ0) is 8.97. The Bertz CT molecular complexity index is 159. The van der Waals surface area contributed by atoms with Crippen molar-refractivity contribution in [3.8, 4) is 0 Å². The Kier molecular flexibility index (Phi) is 4.14. The zero-order valence-electron chi connectivity index (χ0n) is 7.32. The molecule has 2 atom stereocenters. The molecule has 1 aliphatic rings. The molecule has 1 rings (SSSR count). The van der Waals surface area contributed by atoms with Crippen molar-refractivity contribution in [2.24, 2.45) is 0 Å². The molecule has 0 aromatic heterocycles. The number of nitrogens with one attached hydrogen (secondary N) is 1. The van der Waals surface area contributed by atoms with E-state index >= 15 is 0 Å². The third-order valence-electron chi connectivity index (χ3n) is 2.07. The summed E-state index contributed by atoms with van der Waals surface area (Å²) in [4.78, 5) is 2.22. The Hall–Kier alpha value is 0.0300. The lowest BCUT2D eigenvalue weighted by Crippen LogP contribution is -2.46. The normalized spacial score (nSPS) is 25.2. The van der Waals surface area contributed by atoms with Gasteiger partial charge in [-0.05, 0) is 6.92 Å². The number of hydrogen-bond donors (Lipinski definition) is 2. The van der Waals surface area contributed by atoms with Crippen molar-refractivity contribution in [3.63, 3.8) is 0 Å². The van der Waals surface area contributed by atoms with E-state index in [1.807, 2.05) is 0 Å². The van der Waals surface area contributed by atoms with Crippen LogP contribution in [0.5, 0.6) is 0 Å². The molecule has 1 fully saturated rings. The lowest BCUT2D eigenvalue weighted by molar-refractivity contribution is 0.242. The van der Waals surface area contributed by atoms with Gasteiger partial charge < -0.3 is 9.87 Å². The van der Waals surface area contributed by atoms with Crippen molar-refractivity contribution < 1.29 is 8.76 Å². The molecule has 0 radical (unpaired) electrons. The molecule has 0 spiro atoms. The van der Waals surface area contributed by atoms with Gasteiger partial charge in [0.05, 0.1) is 5.25 Å². The molecule has 0 aromatic carbocycles. The summed E-state index contributed by atoms with van der Waals surface area (Å²) in [6.45, 7) is 6.49. The summed E-state index contributed by atoms with van der Waals surface area (Å²) in [6.07, 6.45) is 0. The van der Waals surface area contributed by atoms with E-state index in [1.54, 1.807) is 6.92 Å². The lowest BCUT2D eigenvalue weighted by atomic mass is 10.3. The Morgan fingerprint density at radius 2 is 2.17 bits per heavy atom. The van der Waals surface area contributed by atoms with E-state index in [2.05, 4.69) is 10.2 Å². The first kappa shape index (κ1) is 10.1. The van der Waals surface area contributed by atoms with Gasteiger partial charge in [0.15, 0.2) is 11.1 Å². The summed E-state index contributed by atoms with van der Waals surface area (Å²) >= 11 is -1.67. The Labute approximate surface area is 75.6 Å². The summed E-state index contributed by atoms with van der Waals surface area (Å²) in [5.41, 5.74) is 0. The fourth-order valence-electron chi connectivity index (χ4n) is 1.32. The molecular formula is C7H16N2O2S. The second-order valence-corrected chi connectivity index (χ2v) is 4.49. The van der Waals surface area contributed by atoms with Crippen molar-refractivity contribution in [1.82, 2.24) is 10.2 Å². The van der Waals surface area contributed by atoms with Gasteiger partial charge in [-0.1, -0.05) is 0 Å². The third kappa shape index (κ3) is 3.18. The fraction of sp³-hybridized carbons (Fsp3) is 1.00. The van der Waals surface area contributed by atoms with E-state index in [9.17, 15) is 4.21 Å². The van der Waals surface area contributed by atoms with E-state index in [0.29, 0.717) is 0 Å². The van der Waals surface area contributed by atoms with Gasteiger partial charge in [0.2, 0.25) is 0 Å². The molecule has 0 aromatic rings. The summed E-state index contributed by atoms with van der Waals surface area (Å²) in [6, 6.07) is 0. The molecule has 0 saturated carbocycles. The first-order valence-electron chi connectivity index (χ1n) is 4.23. The predicted octanol–water partition coefficient (Wildman–Crippen LogP) is -0.498. The Morgan fingerprint density at radius 3 is 2.67 bits per heavy atom. The van der Waals surface area contributed by atoms with Crippen LogP contribution in [0.25, 0.3) is 0 Å². The molecule has 1 saturated heterocycles. The van der Waals surface area contributed by atoms with Gasteiger partial charge in [0.25, 0.3) is 0 Å². The molecular weight excluding hydrogens is 176 g/mol. The lowest BCUT2D eigenvalue weighted by Gasteiger charge is -2.28. The van der Waals surface area contributed by atoms with Crippen molar-refractivity contribution >= 4 is 11.1 Å². The van der Waals surface area contributed by atoms with Crippen LogP contribution in [0.15, 0.2) is 0 Å². The largest absolute Gasteiger partial charge is 0.314 e. The minimum atomic E-state index is -1.67. The summed E-state index contributed by atoms with van der Waals surface area (Å²) in [5.74, 6) is 0. The Balaban J connectivity index is 2.24. The maximum absolute atomic E-state index is 10.6. The highest BCUT2D eigenvalue weighted by molar-refractivity contribution is 7.79. The van der Waals surface area contributed by atoms with Gasteiger partial charge in [-0.3, -0.25) is 4.90 Å². The van der Waals surface area contributed by atoms with Crippen molar-refractivity contribution in [3.05, 3.63) is 0 Å². The van der Waals surface area contributed by atoms with Gasteiger partial charge in [-0.25, -0.2) is 4.21 Å². The molecule has 0 bridgehead atoms. The molecule has 12 heavy (non-hydrogen) atoms. The van der Waals surface area contributed by atoms with Crippen LogP contribution in [-0.2, 0) is 11.1 Å². The predicted molar refractivity (Wildman–Crippen MR) is 49.5 cm³/mol. The third-order valence-corrected chi connectivity index (χ3v) is 2.91. The average molecular weight is 192 g/mol. The molecule has 1 heterocycles. The summed E-state index contributed by atoms with van der Waals surface area (Å²) in [5, 5.41) is 3.10. The highest BCUT2D eigenvalue weighted by Gasteiger charge is 2.15. The molecule has 2 unspecified atom stereocenters. The molecule has 0 aliphatic carbocycles. The van der Waals surface area contributed by atoms with Crippen LogP contribution in [0.2, 0.25) is 0 Å². The van der Waals surface area contributed by atoms with E-state index in [4.69, 9.17) is 4.55 Å². The Morgan fingerprint density at radius 1 is 1.58 bits per heavy atom. The van der Waals surface area contributed by atoms with Crippen LogP contribution in [0, 0.1) is 0 Å². The van der Waals surface area contributed by atoms with Gasteiger partial charge in [0, 0.05) is 32.7 Å². The summed E-state index contributed by atoms with van der Waals surface area (Å²) < 4.78 is 19.4. The first-order valence-corrected chi connectivity index (χ1v) is 5.40. The van der Waals surface area contributed by atoms with Gasteiger partial charge >= 0.3 is 0 Å². The smallest absolute Gasteiger partial charge is 0.157 e. The highest BCUT2D eigenvalue weighted by atomic mass is 32.2. The van der Waals surface area contributed by atoms with Crippen molar-refractivity contribution in [1.29, 1.82) is 0 Å². The van der Waals surface area contributed by atoms with E-state index in [-0.39, 0.29) is 5.25 Å². The van der Waals surface area contributed by atoms with E-state index < -0.39 is 11.1 Å². The average Bonchev–Trinajstić information content (AvgIpc) is 2.06. The van der Waals surface area contributed by atoms with Crippen LogP contribution in [0.4, 0.5) is 0 Å². The van der Waals surface area contributed by atoms with E-state index in [0.717, 1.165) is 32.7 Å². The second kappa shape index (κ2) is 4.91. The van der Waals surface area contributed by atoms with Crippen LogP contribution < -0.4 is 5.32 Å². The maximum atomic E-state index is 10.6. The molecule has 2 N–H and O–H groups in total. The van der Waals surface area contributed by atoms with Crippen molar-refractivity contribution in [2.45, 2.75) is 12.2 Å². The first-order chi connectivity index (χ1) is 5.70. The SMILES string of the molecule is CC(CN1CCNCC1)S(=O)O. The van der Waals surface area contributed by atoms with Gasteiger partial charge in [-0.15, -0.1) is 0 Å². The monoisotopic (exact) mass is 192 g/mol. The number of piperazine rings is 1. The molecule has 0 amide bonds. The molecule has 1 aliphatic heterocycles. The number of rotatable bonds is 3. The quantitative estimate of drug-likeness (QED) is 0.592. The minimum Gasteiger partial charge on any atom is -0.314 e. The van der Waals surface area contributed by atoms with Gasteiger partial charge in [0.1, 0.15) is 0 Å². The number of nitrogens with zero attached hydrogens (tertiary/aromatic N) is 1. The molecule has 5 heteroatoms. The van der Waals surface area contributed by atoms with Crippen LogP contribution in [0.1, 0.15) is 6.92 Å². The maximum Gasteiger partial charge on any atom is 0.157 e. The topological polar surface area (TPSA) is 52.6 Å². The number of hydrogen-bond acceptors (Lipinski definition) is 3. The molecule has 72 valence electrons. The second-order valence-electron chi connectivity index (χ2n) is 3.14. The van der Waals surface area contributed by atoms with Gasteiger partial charge in [-0.2, -0.15) is 0 Å². The summed E-state index contributed by atoms with van der Waals surface area (Å²) in [7, 11) is 0. The van der Waals surface area contributed by atoms with Crippen molar-refractivity contribution in [2.75, 3.05) is 32.7 Å². The highest BCUT2D eigenvalue weighted by Crippen LogP contribution is 1.99.